The predicted molar refractivity (Wildman–Crippen MR) is 81.3 cm³/mol. The summed E-state index contributed by atoms with van der Waals surface area (Å²) in [7, 11) is 0. The Morgan fingerprint density at radius 2 is 2.00 bits per heavy atom. The van der Waals surface area contributed by atoms with Crippen molar-refractivity contribution < 1.29 is 4.39 Å². The Bertz CT molecular complexity index is 783. The van der Waals surface area contributed by atoms with Gasteiger partial charge in [-0.3, -0.25) is 0 Å². The van der Waals surface area contributed by atoms with Gasteiger partial charge in [-0.2, -0.15) is 0 Å². The van der Waals surface area contributed by atoms with Crippen molar-refractivity contribution in [2.45, 2.75) is 0 Å². The first kappa shape index (κ1) is 12.6. The minimum absolute atomic E-state index is 0.327. The number of halogens is 3. The monoisotopic (exact) mass is 383 g/mol. The Balaban J connectivity index is 2.26. The van der Waals surface area contributed by atoms with Gasteiger partial charge in [-0.05, 0) is 40.2 Å². The highest BCUT2D eigenvalue weighted by atomic mass is 79.9. The summed E-state index contributed by atoms with van der Waals surface area (Å²) in [6, 6.07) is 8.49. The maximum absolute atomic E-state index is 13.5. The third kappa shape index (κ3) is 2.15. The molecule has 0 spiro atoms. The number of imidazole rings is 1. The fourth-order valence-corrected chi connectivity index (χ4v) is 2.85. The first-order valence-corrected chi connectivity index (χ1v) is 7.04. The molecule has 6 heteroatoms. The number of aromatic amines is 1. The third-order valence-corrected chi connectivity index (χ3v) is 4.05. The lowest BCUT2D eigenvalue weighted by Gasteiger charge is -2.00. The topological polar surface area (TPSA) is 54.7 Å². The van der Waals surface area contributed by atoms with Gasteiger partial charge in [0.2, 0.25) is 0 Å². The molecule has 96 valence electrons. The van der Waals surface area contributed by atoms with Crippen LogP contribution >= 0.6 is 31.9 Å². The molecule has 0 amide bonds. The average Bonchev–Trinajstić information content (AvgIpc) is 2.76. The van der Waals surface area contributed by atoms with E-state index in [0.717, 1.165) is 9.99 Å². The molecular weight excluding hydrogens is 377 g/mol. The van der Waals surface area contributed by atoms with E-state index in [1.165, 1.54) is 6.07 Å². The number of hydrogen-bond donors (Lipinski definition) is 2. The molecule has 19 heavy (non-hydrogen) atoms. The standard InChI is InChI=1S/C13H8Br2FN3/c14-6-4-9(17)12-10(5-6)18-13(19-12)7-2-1-3-8(16)11(7)15/h1-5H,17H2,(H,18,19). The summed E-state index contributed by atoms with van der Waals surface area (Å²) in [6.45, 7) is 0. The molecule has 0 bridgehead atoms. The fraction of sp³-hybridized carbons (Fsp3) is 0. The molecule has 1 heterocycles. The smallest absolute Gasteiger partial charge is 0.139 e. The van der Waals surface area contributed by atoms with Crippen molar-refractivity contribution in [3.8, 4) is 11.4 Å². The number of rotatable bonds is 1. The van der Waals surface area contributed by atoms with Crippen molar-refractivity contribution in [2.24, 2.45) is 0 Å². The van der Waals surface area contributed by atoms with Crippen LogP contribution in [0.2, 0.25) is 0 Å². The van der Waals surface area contributed by atoms with Gasteiger partial charge in [0, 0.05) is 10.0 Å². The van der Waals surface area contributed by atoms with Crippen LogP contribution in [-0.2, 0) is 0 Å². The number of nitrogens with one attached hydrogen (secondary N) is 1. The molecule has 3 N–H and O–H groups in total. The molecule has 0 fully saturated rings. The SMILES string of the molecule is Nc1cc(Br)cc2[nH]c(-c3cccc(F)c3Br)nc12. The van der Waals surface area contributed by atoms with Crippen LogP contribution in [0.15, 0.2) is 39.3 Å². The number of anilines is 1. The Morgan fingerprint density at radius 3 is 2.79 bits per heavy atom. The normalized spacial score (nSPS) is 11.1. The number of nitrogens with two attached hydrogens (primary N) is 1. The molecule has 0 atom stereocenters. The molecule has 0 aliphatic rings. The van der Waals surface area contributed by atoms with E-state index in [2.05, 4.69) is 41.8 Å². The van der Waals surface area contributed by atoms with E-state index >= 15 is 0 Å². The number of aromatic nitrogens is 2. The van der Waals surface area contributed by atoms with E-state index < -0.39 is 0 Å². The summed E-state index contributed by atoms with van der Waals surface area (Å²) in [5.74, 6) is 0.248. The van der Waals surface area contributed by atoms with Crippen molar-refractivity contribution >= 4 is 48.6 Å². The van der Waals surface area contributed by atoms with E-state index in [4.69, 9.17) is 5.73 Å². The van der Waals surface area contributed by atoms with Crippen molar-refractivity contribution in [2.75, 3.05) is 5.73 Å². The van der Waals surface area contributed by atoms with E-state index in [9.17, 15) is 4.39 Å². The molecule has 0 saturated heterocycles. The minimum Gasteiger partial charge on any atom is -0.397 e. The summed E-state index contributed by atoms with van der Waals surface area (Å²) in [6.07, 6.45) is 0. The number of hydrogen-bond acceptors (Lipinski definition) is 2. The van der Waals surface area contributed by atoms with Crippen LogP contribution in [0.3, 0.4) is 0 Å². The van der Waals surface area contributed by atoms with Crippen molar-refractivity contribution in [3.63, 3.8) is 0 Å². The summed E-state index contributed by atoms with van der Waals surface area (Å²) < 4.78 is 14.8. The molecule has 2 aromatic carbocycles. The molecule has 3 aromatic rings. The van der Waals surface area contributed by atoms with E-state index in [-0.39, 0.29) is 5.82 Å². The maximum atomic E-state index is 13.5. The van der Waals surface area contributed by atoms with Gasteiger partial charge in [0.15, 0.2) is 0 Å². The lowest BCUT2D eigenvalue weighted by Crippen LogP contribution is -1.87. The van der Waals surface area contributed by atoms with Gasteiger partial charge in [0.25, 0.3) is 0 Å². The molecule has 1 aromatic heterocycles. The van der Waals surface area contributed by atoms with Gasteiger partial charge < -0.3 is 10.7 Å². The van der Waals surface area contributed by atoms with E-state index in [1.807, 2.05) is 6.07 Å². The van der Waals surface area contributed by atoms with Crippen molar-refractivity contribution in [3.05, 3.63) is 45.1 Å². The van der Waals surface area contributed by atoms with Crippen LogP contribution in [0, 0.1) is 5.82 Å². The Kier molecular flexibility index (Phi) is 3.06. The number of nitrogen functional groups attached to an aromatic ring is 1. The highest BCUT2D eigenvalue weighted by Gasteiger charge is 2.13. The molecule has 0 radical (unpaired) electrons. The van der Waals surface area contributed by atoms with Crippen LogP contribution in [0.1, 0.15) is 0 Å². The van der Waals surface area contributed by atoms with Crippen LogP contribution in [-0.4, -0.2) is 9.97 Å². The van der Waals surface area contributed by atoms with Gasteiger partial charge in [-0.15, -0.1) is 0 Å². The minimum atomic E-state index is -0.327. The van der Waals surface area contributed by atoms with Crippen LogP contribution in [0.5, 0.6) is 0 Å². The molecular formula is C13H8Br2FN3. The predicted octanol–water partition coefficient (Wildman–Crippen LogP) is 4.48. The van der Waals surface area contributed by atoms with Crippen LogP contribution in [0.4, 0.5) is 10.1 Å². The van der Waals surface area contributed by atoms with Gasteiger partial charge in [-0.25, -0.2) is 9.37 Å². The molecule has 0 aliphatic heterocycles. The average molecular weight is 385 g/mol. The Labute approximate surface area is 125 Å². The zero-order valence-electron chi connectivity index (χ0n) is 9.55. The number of H-pyrrole nitrogens is 1. The van der Waals surface area contributed by atoms with E-state index in [0.29, 0.717) is 27.1 Å². The molecule has 3 rings (SSSR count). The van der Waals surface area contributed by atoms with Gasteiger partial charge in [0.1, 0.15) is 17.2 Å². The summed E-state index contributed by atoms with van der Waals surface area (Å²) in [5.41, 5.74) is 8.63. The molecule has 0 unspecified atom stereocenters. The molecule has 0 saturated carbocycles. The van der Waals surface area contributed by atoms with Gasteiger partial charge in [-0.1, -0.05) is 22.0 Å². The number of fused-ring (bicyclic) bond motifs is 1. The third-order valence-electron chi connectivity index (χ3n) is 2.79. The zero-order chi connectivity index (χ0) is 13.6. The quantitative estimate of drug-likeness (QED) is 0.608. The second kappa shape index (κ2) is 4.61. The Hall–Kier alpha value is -1.40. The maximum Gasteiger partial charge on any atom is 0.139 e. The number of nitrogens with zero attached hydrogens (tertiary/aromatic N) is 1. The summed E-state index contributed by atoms with van der Waals surface area (Å²) >= 11 is 6.61. The lowest BCUT2D eigenvalue weighted by molar-refractivity contribution is 0.621. The van der Waals surface area contributed by atoms with Crippen molar-refractivity contribution in [1.29, 1.82) is 0 Å². The number of benzene rings is 2. The highest BCUT2D eigenvalue weighted by molar-refractivity contribution is 9.10. The fourth-order valence-electron chi connectivity index (χ4n) is 1.92. The first-order chi connectivity index (χ1) is 9.06. The summed E-state index contributed by atoms with van der Waals surface area (Å²) in [4.78, 5) is 7.57. The Morgan fingerprint density at radius 1 is 1.21 bits per heavy atom. The largest absolute Gasteiger partial charge is 0.397 e. The highest BCUT2D eigenvalue weighted by Crippen LogP contribution is 2.32. The van der Waals surface area contributed by atoms with Crippen LogP contribution < -0.4 is 5.73 Å². The van der Waals surface area contributed by atoms with Gasteiger partial charge in [0.05, 0.1) is 15.7 Å². The zero-order valence-corrected chi connectivity index (χ0v) is 12.7. The van der Waals surface area contributed by atoms with E-state index in [1.54, 1.807) is 18.2 Å². The van der Waals surface area contributed by atoms with Gasteiger partial charge >= 0.3 is 0 Å². The van der Waals surface area contributed by atoms with Crippen molar-refractivity contribution in [1.82, 2.24) is 9.97 Å². The molecule has 3 nitrogen and oxygen atoms in total. The lowest BCUT2D eigenvalue weighted by atomic mass is 10.2. The summed E-state index contributed by atoms with van der Waals surface area (Å²) in [5, 5.41) is 0. The molecule has 0 aliphatic carbocycles. The first-order valence-electron chi connectivity index (χ1n) is 5.45. The van der Waals surface area contributed by atoms with Crippen LogP contribution in [0.25, 0.3) is 22.4 Å². The second-order valence-electron chi connectivity index (χ2n) is 4.08. The second-order valence-corrected chi connectivity index (χ2v) is 5.79.